The predicted molar refractivity (Wildman–Crippen MR) is 92.4 cm³/mol. The number of amides is 1. The van der Waals surface area contributed by atoms with Crippen LogP contribution in [0.25, 0.3) is 5.69 Å². The summed E-state index contributed by atoms with van der Waals surface area (Å²) in [6.45, 7) is 3.81. The van der Waals surface area contributed by atoms with Gasteiger partial charge in [-0.2, -0.15) is 5.10 Å². The number of rotatable bonds is 3. The molecule has 1 amide bonds. The first kappa shape index (κ1) is 15.3. The van der Waals surface area contributed by atoms with Crippen LogP contribution in [0.5, 0.6) is 0 Å². The maximum absolute atomic E-state index is 12.5. The van der Waals surface area contributed by atoms with E-state index in [1.165, 1.54) is 0 Å². The molecular formula is C18H16ClN3O. The number of carbonyl (C=O) groups excluding carboxylic acids is 1. The van der Waals surface area contributed by atoms with Gasteiger partial charge in [0.05, 0.1) is 22.0 Å². The van der Waals surface area contributed by atoms with Gasteiger partial charge in [0.2, 0.25) is 0 Å². The van der Waals surface area contributed by atoms with Gasteiger partial charge in [0.25, 0.3) is 5.91 Å². The average molecular weight is 326 g/mol. The van der Waals surface area contributed by atoms with Crippen molar-refractivity contribution in [2.24, 2.45) is 0 Å². The van der Waals surface area contributed by atoms with Crippen LogP contribution in [0.15, 0.2) is 54.6 Å². The summed E-state index contributed by atoms with van der Waals surface area (Å²) in [5.74, 6) is 0.349. The lowest BCUT2D eigenvalue weighted by atomic mass is 10.1. The first-order valence-electron chi connectivity index (χ1n) is 7.24. The maximum Gasteiger partial charge on any atom is 0.258 e. The lowest BCUT2D eigenvalue weighted by molar-refractivity contribution is 0.102. The van der Waals surface area contributed by atoms with Crippen LogP contribution in [0.2, 0.25) is 5.02 Å². The normalized spacial score (nSPS) is 10.6. The molecule has 116 valence electrons. The van der Waals surface area contributed by atoms with Crippen molar-refractivity contribution in [3.05, 3.63) is 76.4 Å². The lowest BCUT2D eigenvalue weighted by Crippen LogP contribution is -2.15. The van der Waals surface area contributed by atoms with E-state index in [0.29, 0.717) is 16.4 Å². The number of benzene rings is 2. The van der Waals surface area contributed by atoms with Crippen LogP contribution in [-0.4, -0.2) is 15.7 Å². The van der Waals surface area contributed by atoms with Crippen molar-refractivity contribution in [3.63, 3.8) is 0 Å². The van der Waals surface area contributed by atoms with Crippen molar-refractivity contribution in [1.82, 2.24) is 9.78 Å². The third kappa shape index (κ3) is 3.27. The fourth-order valence-electron chi connectivity index (χ4n) is 2.34. The topological polar surface area (TPSA) is 46.9 Å². The Bertz CT molecular complexity index is 856. The highest BCUT2D eigenvalue weighted by Crippen LogP contribution is 2.21. The van der Waals surface area contributed by atoms with E-state index in [0.717, 1.165) is 16.9 Å². The van der Waals surface area contributed by atoms with Gasteiger partial charge in [-0.25, -0.2) is 4.68 Å². The molecule has 4 nitrogen and oxygen atoms in total. The summed E-state index contributed by atoms with van der Waals surface area (Å²) in [7, 11) is 0. The second-order valence-corrected chi connectivity index (χ2v) is 5.76. The van der Waals surface area contributed by atoms with E-state index in [1.54, 1.807) is 16.8 Å². The number of nitrogens with one attached hydrogen (secondary N) is 1. The molecule has 0 aliphatic heterocycles. The maximum atomic E-state index is 12.5. The monoisotopic (exact) mass is 325 g/mol. The molecule has 1 N–H and O–H groups in total. The molecule has 1 heterocycles. The molecule has 2 aromatic carbocycles. The number of halogens is 1. The molecule has 0 saturated heterocycles. The van der Waals surface area contributed by atoms with Crippen LogP contribution in [0.3, 0.4) is 0 Å². The van der Waals surface area contributed by atoms with E-state index in [-0.39, 0.29) is 5.91 Å². The van der Waals surface area contributed by atoms with Gasteiger partial charge in [0.1, 0.15) is 5.82 Å². The lowest BCUT2D eigenvalue weighted by Gasteiger charge is -2.10. The summed E-state index contributed by atoms with van der Waals surface area (Å²) in [5, 5.41) is 7.75. The fourth-order valence-corrected chi connectivity index (χ4v) is 2.66. The van der Waals surface area contributed by atoms with Crippen molar-refractivity contribution >= 4 is 23.3 Å². The smallest absolute Gasteiger partial charge is 0.258 e. The SMILES string of the molecule is Cc1ccc(C(=O)Nc2cc(C)nn2-c2ccccc2)c(Cl)c1. The fraction of sp³-hybridized carbons (Fsp3) is 0.111. The van der Waals surface area contributed by atoms with Crippen LogP contribution in [-0.2, 0) is 0 Å². The summed E-state index contributed by atoms with van der Waals surface area (Å²) >= 11 is 6.17. The van der Waals surface area contributed by atoms with Crippen molar-refractivity contribution < 1.29 is 4.79 Å². The number of aryl methyl sites for hydroxylation is 2. The highest BCUT2D eigenvalue weighted by atomic mass is 35.5. The molecule has 1 aromatic heterocycles. The van der Waals surface area contributed by atoms with E-state index in [2.05, 4.69) is 10.4 Å². The molecule has 0 atom stereocenters. The molecule has 3 aromatic rings. The second kappa shape index (κ2) is 6.26. The zero-order valence-electron chi connectivity index (χ0n) is 12.9. The van der Waals surface area contributed by atoms with Crippen molar-refractivity contribution in [3.8, 4) is 5.69 Å². The van der Waals surface area contributed by atoms with Crippen molar-refractivity contribution in [2.45, 2.75) is 13.8 Å². The molecule has 0 fully saturated rings. The van der Waals surface area contributed by atoms with Gasteiger partial charge < -0.3 is 5.32 Å². The molecule has 0 bridgehead atoms. The zero-order valence-corrected chi connectivity index (χ0v) is 13.6. The number of nitrogens with zero attached hydrogens (tertiary/aromatic N) is 2. The van der Waals surface area contributed by atoms with Crippen LogP contribution in [0.1, 0.15) is 21.6 Å². The van der Waals surface area contributed by atoms with Crippen LogP contribution in [0, 0.1) is 13.8 Å². The van der Waals surface area contributed by atoms with Crippen LogP contribution in [0.4, 0.5) is 5.82 Å². The van der Waals surface area contributed by atoms with Crippen molar-refractivity contribution in [1.29, 1.82) is 0 Å². The number of para-hydroxylation sites is 1. The first-order valence-corrected chi connectivity index (χ1v) is 7.62. The summed E-state index contributed by atoms with van der Waals surface area (Å²) in [5.41, 5.74) is 3.15. The molecule has 0 unspecified atom stereocenters. The van der Waals surface area contributed by atoms with E-state index < -0.39 is 0 Å². The van der Waals surface area contributed by atoms with Gasteiger partial charge in [0, 0.05) is 6.07 Å². The Morgan fingerprint density at radius 1 is 1.09 bits per heavy atom. The largest absolute Gasteiger partial charge is 0.306 e. The molecule has 23 heavy (non-hydrogen) atoms. The Kier molecular flexibility index (Phi) is 4.17. The minimum Gasteiger partial charge on any atom is -0.306 e. The second-order valence-electron chi connectivity index (χ2n) is 5.36. The van der Waals surface area contributed by atoms with Crippen molar-refractivity contribution in [2.75, 3.05) is 5.32 Å². The number of hydrogen-bond donors (Lipinski definition) is 1. The Labute approximate surface area is 139 Å². The van der Waals surface area contributed by atoms with Gasteiger partial charge in [-0.05, 0) is 43.7 Å². The quantitative estimate of drug-likeness (QED) is 0.776. The van der Waals surface area contributed by atoms with Crippen LogP contribution >= 0.6 is 11.6 Å². The summed E-state index contributed by atoms with van der Waals surface area (Å²) in [6.07, 6.45) is 0. The zero-order chi connectivity index (χ0) is 16.4. The van der Waals surface area contributed by atoms with Gasteiger partial charge in [-0.3, -0.25) is 4.79 Å². The summed E-state index contributed by atoms with van der Waals surface area (Å²) in [6, 6.07) is 16.8. The number of anilines is 1. The number of aromatic nitrogens is 2. The average Bonchev–Trinajstić information content (AvgIpc) is 2.88. The number of hydrogen-bond acceptors (Lipinski definition) is 2. The third-order valence-corrected chi connectivity index (χ3v) is 3.76. The molecule has 0 spiro atoms. The third-order valence-electron chi connectivity index (χ3n) is 3.44. The molecule has 3 rings (SSSR count). The Hall–Kier alpha value is -2.59. The number of carbonyl (C=O) groups is 1. The van der Waals surface area contributed by atoms with Gasteiger partial charge in [-0.1, -0.05) is 35.9 Å². The summed E-state index contributed by atoms with van der Waals surface area (Å²) in [4.78, 5) is 12.5. The highest BCUT2D eigenvalue weighted by molar-refractivity contribution is 6.34. The van der Waals surface area contributed by atoms with E-state index in [4.69, 9.17) is 11.6 Å². The van der Waals surface area contributed by atoms with E-state index in [9.17, 15) is 4.79 Å². The highest BCUT2D eigenvalue weighted by Gasteiger charge is 2.14. The van der Waals surface area contributed by atoms with E-state index in [1.807, 2.05) is 56.3 Å². The first-order chi connectivity index (χ1) is 11.0. The molecular weight excluding hydrogens is 310 g/mol. The minimum absolute atomic E-state index is 0.257. The predicted octanol–water partition coefficient (Wildman–Crippen LogP) is 4.39. The van der Waals surface area contributed by atoms with E-state index >= 15 is 0 Å². The van der Waals surface area contributed by atoms with Gasteiger partial charge >= 0.3 is 0 Å². The molecule has 0 radical (unpaired) electrons. The van der Waals surface area contributed by atoms with Crippen LogP contribution < -0.4 is 5.32 Å². The van der Waals surface area contributed by atoms with Gasteiger partial charge in [-0.15, -0.1) is 0 Å². The molecule has 0 aliphatic carbocycles. The Balaban J connectivity index is 1.93. The Morgan fingerprint density at radius 2 is 1.83 bits per heavy atom. The molecule has 5 heteroatoms. The molecule has 0 aliphatic rings. The standard InChI is InChI=1S/C18H16ClN3O/c1-12-8-9-15(16(19)10-12)18(23)20-17-11-13(2)21-22(17)14-6-4-3-5-7-14/h3-11H,1-2H3,(H,20,23). The Morgan fingerprint density at radius 3 is 2.52 bits per heavy atom. The summed E-state index contributed by atoms with van der Waals surface area (Å²) < 4.78 is 1.70. The minimum atomic E-state index is -0.257. The van der Waals surface area contributed by atoms with Gasteiger partial charge in [0.15, 0.2) is 0 Å². The molecule has 0 saturated carbocycles.